The van der Waals surface area contributed by atoms with Gasteiger partial charge >= 0.3 is 5.69 Å². The van der Waals surface area contributed by atoms with Crippen LogP contribution < -0.4 is 15.0 Å². The lowest BCUT2D eigenvalue weighted by atomic mass is 9.75. The van der Waals surface area contributed by atoms with Gasteiger partial charge in [-0.2, -0.15) is 0 Å². The number of carbonyl (C=O) groups excluding carboxylic acids is 3. The summed E-state index contributed by atoms with van der Waals surface area (Å²) in [6, 6.07) is 8.28. The monoisotopic (exact) mass is 490 g/mol. The number of methoxy groups -OCH3 is 1. The van der Waals surface area contributed by atoms with Crippen molar-refractivity contribution in [3.05, 3.63) is 57.1 Å². The van der Waals surface area contributed by atoms with Gasteiger partial charge in [-0.25, -0.2) is 4.90 Å². The van der Waals surface area contributed by atoms with E-state index in [0.717, 1.165) is 28.9 Å². The Kier molecular flexibility index (Phi) is 4.79. The molecule has 1 N–H and O–H groups in total. The molecule has 36 heavy (non-hydrogen) atoms. The normalized spacial score (nSPS) is 28.5. The van der Waals surface area contributed by atoms with E-state index in [9.17, 15) is 24.5 Å². The molecule has 3 fully saturated rings. The molecule has 4 aliphatic rings. The minimum atomic E-state index is -1.26. The van der Waals surface area contributed by atoms with E-state index in [0.29, 0.717) is 24.2 Å². The van der Waals surface area contributed by atoms with E-state index in [2.05, 4.69) is 10.2 Å². The Balaban J connectivity index is 1.54. The van der Waals surface area contributed by atoms with E-state index >= 15 is 0 Å². The molecule has 4 aliphatic heterocycles. The van der Waals surface area contributed by atoms with Crippen molar-refractivity contribution in [2.45, 2.75) is 44.7 Å². The van der Waals surface area contributed by atoms with Gasteiger partial charge < -0.3 is 10.1 Å². The van der Waals surface area contributed by atoms with Crippen molar-refractivity contribution in [2.24, 2.45) is 11.8 Å². The number of aryl methyl sites for hydroxylation is 2. The summed E-state index contributed by atoms with van der Waals surface area (Å²) in [4.78, 5) is 56.1. The first-order valence-corrected chi connectivity index (χ1v) is 12.2. The summed E-state index contributed by atoms with van der Waals surface area (Å²) in [6.45, 7) is 4.29. The third kappa shape index (κ3) is 2.62. The predicted octanol–water partition coefficient (Wildman–Crippen LogP) is 2.91. The zero-order valence-corrected chi connectivity index (χ0v) is 20.2. The maximum absolute atomic E-state index is 14.2. The van der Waals surface area contributed by atoms with Crippen LogP contribution in [0, 0.1) is 28.9 Å². The summed E-state index contributed by atoms with van der Waals surface area (Å²) in [5.74, 6) is -2.70. The highest BCUT2D eigenvalue weighted by Crippen LogP contribution is 2.61. The van der Waals surface area contributed by atoms with E-state index in [4.69, 9.17) is 4.74 Å². The van der Waals surface area contributed by atoms with Gasteiger partial charge in [0.15, 0.2) is 5.75 Å². The van der Waals surface area contributed by atoms with E-state index in [1.807, 2.05) is 25.1 Å². The number of hydrogen-bond acceptors (Lipinski definition) is 7. The van der Waals surface area contributed by atoms with Crippen LogP contribution in [0.4, 0.5) is 17.1 Å². The highest BCUT2D eigenvalue weighted by molar-refractivity contribution is 6.26. The molecule has 3 saturated heterocycles. The first kappa shape index (κ1) is 22.7. The molecule has 6 rings (SSSR count). The number of nitro groups is 1. The lowest BCUT2D eigenvalue weighted by Crippen LogP contribution is -2.54. The summed E-state index contributed by atoms with van der Waals surface area (Å²) in [5, 5.41) is 14.5. The van der Waals surface area contributed by atoms with Crippen LogP contribution >= 0.6 is 0 Å². The van der Waals surface area contributed by atoms with Crippen molar-refractivity contribution in [3.8, 4) is 5.75 Å². The number of hydrogen-bond donors (Lipinski definition) is 1. The van der Waals surface area contributed by atoms with Gasteiger partial charge in [0.2, 0.25) is 17.7 Å². The quantitative estimate of drug-likeness (QED) is 0.397. The number of nitrogens with zero attached hydrogens (tertiary/aromatic N) is 3. The lowest BCUT2D eigenvalue weighted by Gasteiger charge is -2.37. The molecule has 186 valence electrons. The van der Waals surface area contributed by atoms with Gasteiger partial charge in [-0.3, -0.25) is 29.4 Å². The van der Waals surface area contributed by atoms with Crippen molar-refractivity contribution < 1.29 is 24.0 Å². The first-order chi connectivity index (χ1) is 17.2. The Morgan fingerprint density at radius 3 is 2.67 bits per heavy atom. The molecule has 1 spiro atoms. The lowest BCUT2D eigenvalue weighted by molar-refractivity contribution is -0.385. The number of anilines is 2. The molecule has 2 aromatic rings. The highest BCUT2D eigenvalue weighted by Gasteiger charge is 2.74. The van der Waals surface area contributed by atoms with Crippen molar-refractivity contribution >= 4 is 34.8 Å². The molecule has 3 amide bonds. The third-order valence-electron chi connectivity index (χ3n) is 8.40. The molecule has 0 saturated carbocycles. The Bertz CT molecular complexity index is 1370. The second-order valence-corrected chi connectivity index (χ2v) is 9.94. The molecule has 0 unspecified atom stereocenters. The van der Waals surface area contributed by atoms with Crippen LogP contribution in [-0.2, 0) is 26.3 Å². The van der Waals surface area contributed by atoms with Gasteiger partial charge in [-0.1, -0.05) is 19.1 Å². The molecule has 0 radical (unpaired) electrons. The van der Waals surface area contributed by atoms with Crippen LogP contribution in [0.3, 0.4) is 0 Å². The summed E-state index contributed by atoms with van der Waals surface area (Å²) < 4.78 is 5.21. The standard InChI is InChI=1S/C26H26N4O6/c1-4-14-7-8-16-15(11-14)26(25(33)27-16)22-21(17-6-5-9-28(17)26)23(31)29(24(22)32)18-12-20(36-3)19(30(34)35)10-13(18)2/h7-8,10-12,17,21-22H,4-6,9H2,1-3H3,(H,27,33)/t17-,21+,22+,26-/m1/s1. The molecule has 4 heterocycles. The van der Waals surface area contributed by atoms with Crippen LogP contribution in [-0.4, -0.2) is 47.2 Å². The first-order valence-electron chi connectivity index (χ1n) is 12.2. The fourth-order valence-electron chi connectivity index (χ4n) is 6.92. The minimum Gasteiger partial charge on any atom is -0.490 e. The maximum atomic E-state index is 14.2. The van der Waals surface area contributed by atoms with E-state index in [1.165, 1.54) is 19.2 Å². The van der Waals surface area contributed by atoms with Gasteiger partial charge in [0, 0.05) is 29.4 Å². The van der Waals surface area contributed by atoms with E-state index < -0.39 is 28.2 Å². The molecule has 10 heteroatoms. The summed E-state index contributed by atoms with van der Waals surface area (Å²) >= 11 is 0. The number of ether oxygens (including phenoxy) is 1. The topological polar surface area (TPSA) is 122 Å². The van der Waals surface area contributed by atoms with Gasteiger partial charge in [-0.05, 0) is 49.9 Å². The average Bonchev–Trinajstić information content (AvgIpc) is 3.57. The van der Waals surface area contributed by atoms with Gasteiger partial charge in [0.25, 0.3) is 0 Å². The number of rotatable bonds is 4. The van der Waals surface area contributed by atoms with Gasteiger partial charge in [-0.15, -0.1) is 0 Å². The zero-order chi connectivity index (χ0) is 25.5. The van der Waals surface area contributed by atoms with Crippen molar-refractivity contribution in [3.63, 3.8) is 0 Å². The van der Waals surface area contributed by atoms with Crippen molar-refractivity contribution in [1.82, 2.24) is 4.90 Å². The molecule has 0 bridgehead atoms. The average molecular weight is 491 g/mol. The minimum absolute atomic E-state index is 0.0352. The third-order valence-corrected chi connectivity index (χ3v) is 8.40. The fourth-order valence-corrected chi connectivity index (χ4v) is 6.92. The summed E-state index contributed by atoms with van der Waals surface area (Å²) in [6.07, 6.45) is 2.32. The number of nitro benzene ring substituents is 1. The zero-order valence-electron chi connectivity index (χ0n) is 20.2. The molecule has 10 nitrogen and oxygen atoms in total. The Morgan fingerprint density at radius 1 is 1.19 bits per heavy atom. The number of nitrogens with one attached hydrogen (secondary N) is 1. The molecule has 4 atom stereocenters. The second-order valence-electron chi connectivity index (χ2n) is 9.94. The number of carbonyl (C=O) groups is 3. The number of fused-ring (bicyclic) bond motifs is 7. The smallest absolute Gasteiger partial charge is 0.311 e. The van der Waals surface area contributed by atoms with Crippen LogP contribution in [0.2, 0.25) is 0 Å². The van der Waals surface area contributed by atoms with Gasteiger partial charge in [0.1, 0.15) is 5.54 Å². The Morgan fingerprint density at radius 2 is 1.97 bits per heavy atom. The SMILES string of the molecule is CCc1ccc2c(c1)[C@]1(C(=O)N2)[C@@H]2C(=O)N(c3cc(OC)c([N+](=O)[O-])cc3C)C(=O)[C@H]2[C@H]2CCCN21. The molecule has 2 aromatic carbocycles. The second kappa shape index (κ2) is 7.60. The maximum Gasteiger partial charge on any atom is 0.311 e. The molecule has 0 aliphatic carbocycles. The highest BCUT2D eigenvalue weighted by atomic mass is 16.6. The number of benzene rings is 2. The number of imide groups is 1. The summed E-state index contributed by atoms with van der Waals surface area (Å²) in [5.41, 5.74) is 1.64. The Hall–Kier alpha value is -3.79. The van der Waals surface area contributed by atoms with Crippen LogP contribution in [0.15, 0.2) is 30.3 Å². The molecular weight excluding hydrogens is 464 g/mol. The summed E-state index contributed by atoms with van der Waals surface area (Å²) in [7, 11) is 1.31. The Labute approximate surface area is 207 Å². The predicted molar refractivity (Wildman–Crippen MR) is 130 cm³/mol. The van der Waals surface area contributed by atoms with E-state index in [1.54, 1.807) is 6.92 Å². The fraction of sp³-hybridized carbons (Fsp3) is 0.423. The van der Waals surface area contributed by atoms with Crippen LogP contribution in [0.1, 0.15) is 36.5 Å². The van der Waals surface area contributed by atoms with Crippen LogP contribution in [0.5, 0.6) is 5.75 Å². The number of amides is 3. The van der Waals surface area contributed by atoms with Crippen molar-refractivity contribution in [2.75, 3.05) is 23.9 Å². The van der Waals surface area contributed by atoms with E-state index in [-0.39, 0.29) is 35.0 Å². The van der Waals surface area contributed by atoms with Crippen molar-refractivity contribution in [1.29, 1.82) is 0 Å². The molecule has 0 aromatic heterocycles. The molecular formula is C26H26N4O6. The largest absolute Gasteiger partial charge is 0.490 e. The van der Waals surface area contributed by atoms with Crippen LogP contribution in [0.25, 0.3) is 0 Å². The van der Waals surface area contributed by atoms with Gasteiger partial charge in [0.05, 0.1) is 29.6 Å².